The molecule has 0 aliphatic rings. The van der Waals surface area contributed by atoms with Gasteiger partial charge in [-0.05, 0) is 53.4 Å². The van der Waals surface area contributed by atoms with Gasteiger partial charge < -0.3 is 20.8 Å². The van der Waals surface area contributed by atoms with Crippen LogP contribution in [0.5, 0.6) is 0 Å². The summed E-state index contributed by atoms with van der Waals surface area (Å²) in [5.41, 5.74) is 4.15. The van der Waals surface area contributed by atoms with Gasteiger partial charge in [0.05, 0.1) is 0 Å². The third-order valence-electron chi connectivity index (χ3n) is 5.24. The van der Waals surface area contributed by atoms with Gasteiger partial charge >= 0.3 is 18.1 Å². The summed E-state index contributed by atoms with van der Waals surface area (Å²) in [5.74, 6) is -4.40. The van der Waals surface area contributed by atoms with Crippen molar-refractivity contribution in [3.8, 4) is 11.1 Å². The molecular formula is C26H23F3N4O5S. The topological polar surface area (TPSA) is 142 Å². The molecule has 2 heterocycles. The standard InChI is InChI=1S/C24H22N4O3S.C2HF3O2/c1-14(2)20(23(30)31)28-21(29)17-7-5-15(6-8-17)16-9-11-18(12-10-16)26-24-27-19-4-3-13-25-22(19)32-24;3-2(4,5)1(6)7/h3-14,20H,1-2H3,(H,26,27)(H,28,29)(H,30,31);(H,6,7)/t20-;/m0./s1. The number of rotatable bonds is 7. The molecule has 0 saturated carbocycles. The zero-order chi connectivity index (χ0) is 28.7. The number of alkyl halides is 3. The van der Waals surface area contributed by atoms with E-state index in [-0.39, 0.29) is 5.92 Å². The Hall–Kier alpha value is -4.52. The van der Waals surface area contributed by atoms with Crippen LogP contribution in [0.15, 0.2) is 66.9 Å². The second-order valence-electron chi connectivity index (χ2n) is 8.46. The molecule has 2 aromatic carbocycles. The number of carbonyl (C=O) groups excluding carboxylic acids is 1. The van der Waals surface area contributed by atoms with Gasteiger partial charge in [0, 0.05) is 17.4 Å². The van der Waals surface area contributed by atoms with Crippen molar-refractivity contribution in [3.63, 3.8) is 0 Å². The number of nitrogens with zero attached hydrogens (tertiary/aromatic N) is 2. The van der Waals surface area contributed by atoms with Gasteiger partial charge in [-0.1, -0.05) is 49.4 Å². The lowest BCUT2D eigenvalue weighted by molar-refractivity contribution is -0.192. The Morgan fingerprint density at radius 3 is 1.97 bits per heavy atom. The van der Waals surface area contributed by atoms with Crippen LogP contribution in [0.3, 0.4) is 0 Å². The predicted molar refractivity (Wildman–Crippen MR) is 140 cm³/mol. The summed E-state index contributed by atoms with van der Waals surface area (Å²) < 4.78 is 31.7. The number of benzene rings is 2. The Bertz CT molecular complexity index is 1420. The van der Waals surface area contributed by atoms with Gasteiger partial charge in [-0.25, -0.2) is 19.6 Å². The first-order chi connectivity index (χ1) is 18.3. The van der Waals surface area contributed by atoms with Crippen molar-refractivity contribution in [3.05, 3.63) is 72.4 Å². The molecule has 1 amide bonds. The summed E-state index contributed by atoms with van der Waals surface area (Å²) in [6.45, 7) is 3.52. The van der Waals surface area contributed by atoms with Crippen LogP contribution in [0.1, 0.15) is 24.2 Å². The van der Waals surface area contributed by atoms with E-state index in [1.165, 1.54) is 11.3 Å². The lowest BCUT2D eigenvalue weighted by Crippen LogP contribution is -2.44. The van der Waals surface area contributed by atoms with E-state index in [0.29, 0.717) is 5.56 Å². The number of halogens is 3. The average molecular weight is 561 g/mol. The highest BCUT2D eigenvalue weighted by Gasteiger charge is 2.38. The number of aliphatic carboxylic acids is 2. The highest BCUT2D eigenvalue weighted by atomic mass is 32.1. The summed E-state index contributed by atoms with van der Waals surface area (Å²) >= 11 is 1.50. The van der Waals surface area contributed by atoms with Crippen molar-refractivity contribution in [2.24, 2.45) is 5.92 Å². The Balaban J connectivity index is 0.000000532. The summed E-state index contributed by atoms with van der Waals surface area (Å²) in [6, 6.07) is 17.9. The first-order valence-corrected chi connectivity index (χ1v) is 12.2. The van der Waals surface area contributed by atoms with Gasteiger partial charge in [-0.15, -0.1) is 0 Å². The van der Waals surface area contributed by atoms with Crippen molar-refractivity contribution >= 4 is 50.3 Å². The molecule has 4 aromatic rings. The van der Waals surface area contributed by atoms with Gasteiger partial charge in [0.25, 0.3) is 5.91 Å². The van der Waals surface area contributed by atoms with E-state index in [0.717, 1.165) is 32.3 Å². The highest BCUT2D eigenvalue weighted by molar-refractivity contribution is 7.21. The minimum Gasteiger partial charge on any atom is -0.480 e. The third kappa shape index (κ3) is 7.98. The Morgan fingerprint density at radius 2 is 1.49 bits per heavy atom. The molecule has 1 atom stereocenters. The number of carboxylic acid groups (broad SMARTS) is 2. The first kappa shape index (κ1) is 29.0. The van der Waals surface area contributed by atoms with E-state index in [1.54, 1.807) is 32.2 Å². The Morgan fingerprint density at radius 1 is 0.923 bits per heavy atom. The molecule has 2 aromatic heterocycles. The first-order valence-electron chi connectivity index (χ1n) is 11.4. The van der Waals surface area contributed by atoms with Gasteiger partial charge in [0.1, 0.15) is 16.4 Å². The maximum atomic E-state index is 12.4. The maximum Gasteiger partial charge on any atom is 0.490 e. The third-order valence-corrected chi connectivity index (χ3v) is 6.14. The van der Waals surface area contributed by atoms with Crippen LogP contribution < -0.4 is 10.6 Å². The number of carbonyl (C=O) groups is 3. The summed E-state index contributed by atoms with van der Waals surface area (Å²) in [7, 11) is 0. The van der Waals surface area contributed by atoms with Crippen molar-refractivity contribution in [2.45, 2.75) is 26.1 Å². The molecule has 0 spiro atoms. The molecule has 39 heavy (non-hydrogen) atoms. The van der Waals surface area contributed by atoms with Crippen LogP contribution in [-0.2, 0) is 9.59 Å². The highest BCUT2D eigenvalue weighted by Crippen LogP contribution is 2.28. The Kier molecular flexibility index (Phi) is 9.20. The number of fused-ring (bicyclic) bond motifs is 1. The number of hydrogen-bond donors (Lipinski definition) is 4. The van der Waals surface area contributed by atoms with E-state index in [2.05, 4.69) is 20.6 Å². The van der Waals surface area contributed by atoms with Gasteiger partial charge in [0.15, 0.2) is 5.13 Å². The zero-order valence-corrected chi connectivity index (χ0v) is 21.4. The molecule has 0 unspecified atom stereocenters. The summed E-state index contributed by atoms with van der Waals surface area (Å²) in [4.78, 5) is 42.3. The molecule has 0 aliphatic carbocycles. The van der Waals surface area contributed by atoms with E-state index in [4.69, 9.17) is 9.90 Å². The number of amides is 1. The SMILES string of the molecule is CC(C)[C@H](NC(=O)c1ccc(-c2ccc(Nc3nc4cccnc4s3)cc2)cc1)C(=O)O.O=C(O)C(F)(F)F. The Labute approximate surface area is 224 Å². The average Bonchev–Trinajstić information content (AvgIpc) is 3.29. The van der Waals surface area contributed by atoms with Crippen molar-refractivity contribution < 1.29 is 37.8 Å². The fourth-order valence-corrected chi connectivity index (χ4v) is 4.07. The second kappa shape index (κ2) is 12.3. The van der Waals surface area contributed by atoms with Crippen LogP contribution >= 0.6 is 11.3 Å². The van der Waals surface area contributed by atoms with Gasteiger partial charge in [-0.3, -0.25) is 4.79 Å². The number of hydrogen-bond acceptors (Lipinski definition) is 7. The number of nitrogens with one attached hydrogen (secondary N) is 2. The van der Waals surface area contributed by atoms with E-state index in [1.807, 2.05) is 48.5 Å². The smallest absolute Gasteiger partial charge is 0.480 e. The van der Waals surface area contributed by atoms with Crippen molar-refractivity contribution in [1.82, 2.24) is 15.3 Å². The normalized spacial score (nSPS) is 11.8. The quantitative estimate of drug-likeness (QED) is 0.230. The van der Waals surface area contributed by atoms with Crippen LogP contribution in [-0.4, -0.2) is 50.2 Å². The summed E-state index contributed by atoms with van der Waals surface area (Å²) in [5, 5.41) is 23.0. The molecular weight excluding hydrogens is 537 g/mol. The van der Waals surface area contributed by atoms with Crippen LogP contribution in [0.25, 0.3) is 21.5 Å². The van der Waals surface area contributed by atoms with Gasteiger partial charge in [-0.2, -0.15) is 13.2 Å². The molecule has 13 heteroatoms. The monoisotopic (exact) mass is 560 g/mol. The minimum atomic E-state index is -5.08. The van der Waals surface area contributed by atoms with E-state index >= 15 is 0 Å². The van der Waals surface area contributed by atoms with Crippen molar-refractivity contribution in [1.29, 1.82) is 0 Å². The number of anilines is 2. The molecule has 9 nitrogen and oxygen atoms in total. The summed E-state index contributed by atoms with van der Waals surface area (Å²) in [6.07, 6.45) is -3.33. The fraction of sp³-hybridized carbons (Fsp3) is 0.192. The molecule has 0 bridgehead atoms. The number of pyridine rings is 1. The molecule has 4 rings (SSSR count). The molecule has 0 fully saturated rings. The maximum absolute atomic E-state index is 12.4. The molecule has 204 valence electrons. The number of thiazole rings is 1. The van der Waals surface area contributed by atoms with Crippen LogP contribution in [0, 0.1) is 5.92 Å². The van der Waals surface area contributed by atoms with Crippen LogP contribution in [0.4, 0.5) is 24.0 Å². The van der Waals surface area contributed by atoms with E-state index in [9.17, 15) is 27.9 Å². The zero-order valence-electron chi connectivity index (χ0n) is 20.6. The predicted octanol–water partition coefficient (Wildman–Crippen LogP) is 5.57. The number of aromatic nitrogens is 2. The molecule has 4 N–H and O–H groups in total. The lowest BCUT2D eigenvalue weighted by Gasteiger charge is -2.18. The molecule has 0 aliphatic heterocycles. The minimum absolute atomic E-state index is 0.207. The molecule has 0 radical (unpaired) electrons. The fourth-order valence-electron chi connectivity index (χ4n) is 3.24. The van der Waals surface area contributed by atoms with Gasteiger partial charge in [0.2, 0.25) is 0 Å². The van der Waals surface area contributed by atoms with Crippen LogP contribution in [0.2, 0.25) is 0 Å². The molecule has 0 saturated heterocycles. The van der Waals surface area contributed by atoms with Crippen molar-refractivity contribution in [2.75, 3.05) is 5.32 Å². The van der Waals surface area contributed by atoms with E-state index < -0.39 is 30.1 Å². The lowest BCUT2D eigenvalue weighted by atomic mass is 10.0. The second-order valence-corrected chi connectivity index (χ2v) is 9.44. The largest absolute Gasteiger partial charge is 0.490 e. The number of carboxylic acids is 2.